The Morgan fingerprint density at radius 1 is 1.40 bits per heavy atom. The lowest BCUT2D eigenvalue weighted by atomic mass is 10.0. The summed E-state index contributed by atoms with van der Waals surface area (Å²) in [7, 11) is 1.77. The molecule has 108 valence electrons. The van der Waals surface area contributed by atoms with E-state index in [1.807, 2.05) is 0 Å². The Labute approximate surface area is 124 Å². The van der Waals surface area contributed by atoms with Gasteiger partial charge in [-0.3, -0.25) is 4.79 Å². The van der Waals surface area contributed by atoms with Gasteiger partial charge in [0.25, 0.3) is 0 Å². The molecule has 3 N–H and O–H groups in total. The van der Waals surface area contributed by atoms with Gasteiger partial charge >= 0.3 is 5.97 Å². The average Bonchev–Trinajstić information content (AvgIpc) is 2.89. The lowest BCUT2D eigenvalue weighted by Crippen LogP contribution is -2.39. The number of carbonyl (C=O) groups excluding carboxylic acids is 1. The lowest BCUT2D eigenvalue weighted by Gasteiger charge is -2.17. The van der Waals surface area contributed by atoms with Gasteiger partial charge in [0.2, 0.25) is 5.91 Å². The number of benzene rings is 1. The van der Waals surface area contributed by atoms with E-state index in [9.17, 15) is 9.59 Å². The Bertz CT molecular complexity index is 535. The summed E-state index contributed by atoms with van der Waals surface area (Å²) in [5, 5.41) is 14.8. The molecule has 0 aromatic heterocycles. The monoisotopic (exact) mass is 342 g/mol. The van der Waals surface area contributed by atoms with E-state index in [0.717, 1.165) is 0 Å². The summed E-state index contributed by atoms with van der Waals surface area (Å²) >= 11 is 3.21. The summed E-state index contributed by atoms with van der Waals surface area (Å²) in [6.07, 6.45) is 0. The van der Waals surface area contributed by atoms with E-state index >= 15 is 0 Å². The number of rotatable bonds is 4. The Morgan fingerprint density at radius 3 is 2.80 bits per heavy atom. The maximum absolute atomic E-state index is 12.2. The Morgan fingerprint density at radius 2 is 2.15 bits per heavy atom. The highest BCUT2D eigenvalue weighted by atomic mass is 79.9. The van der Waals surface area contributed by atoms with E-state index in [0.29, 0.717) is 17.7 Å². The second-order valence-electron chi connectivity index (χ2n) is 4.52. The number of carbonyl (C=O) groups is 2. The quantitative estimate of drug-likeness (QED) is 0.768. The van der Waals surface area contributed by atoms with Crippen molar-refractivity contribution in [2.45, 2.75) is 6.04 Å². The predicted molar refractivity (Wildman–Crippen MR) is 76.9 cm³/mol. The highest BCUT2D eigenvalue weighted by Crippen LogP contribution is 2.23. The van der Waals surface area contributed by atoms with Crippen molar-refractivity contribution in [2.24, 2.45) is 5.92 Å². The fraction of sp³-hybridized carbons (Fsp3) is 0.385. The lowest BCUT2D eigenvalue weighted by molar-refractivity contribution is -0.120. The van der Waals surface area contributed by atoms with Crippen LogP contribution in [0, 0.1) is 5.92 Å². The fourth-order valence-corrected chi connectivity index (χ4v) is 2.49. The van der Waals surface area contributed by atoms with Gasteiger partial charge < -0.3 is 20.5 Å². The molecule has 6 nitrogen and oxygen atoms in total. The zero-order valence-electron chi connectivity index (χ0n) is 10.9. The minimum atomic E-state index is -1.09. The molecule has 1 saturated heterocycles. The third-order valence-electron chi connectivity index (χ3n) is 3.26. The van der Waals surface area contributed by atoms with Gasteiger partial charge in [0.15, 0.2) is 0 Å². The van der Waals surface area contributed by atoms with E-state index in [2.05, 4.69) is 26.6 Å². The summed E-state index contributed by atoms with van der Waals surface area (Å²) in [5.41, 5.74) is 0.333. The number of anilines is 1. The molecule has 2 atom stereocenters. The fourth-order valence-electron chi connectivity index (χ4n) is 2.13. The molecule has 2 unspecified atom stereocenters. The minimum absolute atomic E-state index is 0.0487. The number of ether oxygens (including phenoxy) is 1. The molecule has 1 fully saturated rings. The van der Waals surface area contributed by atoms with Crippen LogP contribution in [0.3, 0.4) is 0 Å². The first-order chi connectivity index (χ1) is 9.52. The van der Waals surface area contributed by atoms with Crippen LogP contribution < -0.4 is 10.6 Å². The number of carboxylic acids is 1. The van der Waals surface area contributed by atoms with Crippen LogP contribution in [-0.2, 0) is 9.53 Å². The maximum atomic E-state index is 12.2. The number of carboxylic acid groups (broad SMARTS) is 1. The van der Waals surface area contributed by atoms with Gasteiger partial charge in [0.1, 0.15) is 0 Å². The molecule has 1 aromatic carbocycles. The molecular formula is C13H15BrN2O4. The van der Waals surface area contributed by atoms with Crippen molar-refractivity contribution in [1.82, 2.24) is 5.32 Å². The van der Waals surface area contributed by atoms with Crippen LogP contribution in [0.15, 0.2) is 22.7 Å². The summed E-state index contributed by atoms with van der Waals surface area (Å²) in [4.78, 5) is 23.4. The Balaban J connectivity index is 2.17. The number of hydrogen-bond donors (Lipinski definition) is 3. The van der Waals surface area contributed by atoms with E-state index in [-0.39, 0.29) is 29.1 Å². The van der Waals surface area contributed by atoms with Crippen LogP contribution in [-0.4, -0.2) is 43.3 Å². The second kappa shape index (κ2) is 6.34. The molecule has 0 spiro atoms. The standard InChI is InChI=1S/C13H15BrN2O4/c1-15-11-6-20-5-9(11)12(17)16-10-3-2-7(14)4-8(10)13(18)19/h2-4,9,11,15H,5-6H2,1H3,(H,16,17)(H,18,19). The largest absolute Gasteiger partial charge is 0.478 e. The smallest absolute Gasteiger partial charge is 0.337 e. The van der Waals surface area contributed by atoms with Crippen LogP contribution in [0.5, 0.6) is 0 Å². The molecule has 2 rings (SSSR count). The summed E-state index contributed by atoms with van der Waals surface area (Å²) < 4.78 is 5.91. The number of halogens is 1. The molecule has 0 radical (unpaired) electrons. The van der Waals surface area contributed by atoms with Gasteiger partial charge in [-0.25, -0.2) is 4.79 Å². The van der Waals surface area contributed by atoms with Gasteiger partial charge in [-0.1, -0.05) is 15.9 Å². The number of hydrogen-bond acceptors (Lipinski definition) is 4. The number of nitrogens with one attached hydrogen (secondary N) is 2. The van der Waals surface area contributed by atoms with Gasteiger partial charge in [-0.15, -0.1) is 0 Å². The molecule has 0 bridgehead atoms. The van der Waals surface area contributed by atoms with Gasteiger partial charge in [0.05, 0.1) is 30.4 Å². The van der Waals surface area contributed by atoms with Crippen molar-refractivity contribution in [1.29, 1.82) is 0 Å². The van der Waals surface area contributed by atoms with Crippen molar-refractivity contribution in [2.75, 3.05) is 25.6 Å². The first-order valence-corrected chi connectivity index (χ1v) is 6.91. The molecule has 1 aromatic rings. The molecule has 1 aliphatic heterocycles. The summed E-state index contributed by atoms with van der Waals surface area (Å²) in [6, 6.07) is 4.65. The van der Waals surface area contributed by atoms with Crippen molar-refractivity contribution in [3.05, 3.63) is 28.2 Å². The first-order valence-electron chi connectivity index (χ1n) is 6.11. The van der Waals surface area contributed by atoms with Crippen LogP contribution in [0.4, 0.5) is 5.69 Å². The molecular weight excluding hydrogens is 328 g/mol. The van der Waals surface area contributed by atoms with Crippen molar-refractivity contribution in [3.8, 4) is 0 Å². The third-order valence-corrected chi connectivity index (χ3v) is 3.75. The van der Waals surface area contributed by atoms with Crippen LogP contribution in [0.1, 0.15) is 10.4 Å². The topological polar surface area (TPSA) is 87.7 Å². The van der Waals surface area contributed by atoms with Gasteiger partial charge in [-0.05, 0) is 25.2 Å². The molecule has 1 heterocycles. The van der Waals surface area contributed by atoms with Gasteiger partial charge in [0, 0.05) is 10.5 Å². The Kier molecular flexibility index (Phi) is 4.74. The molecule has 0 saturated carbocycles. The summed E-state index contributed by atoms with van der Waals surface area (Å²) in [6.45, 7) is 0.803. The molecule has 1 amide bonds. The zero-order valence-corrected chi connectivity index (χ0v) is 12.4. The van der Waals surface area contributed by atoms with Crippen molar-refractivity contribution >= 4 is 33.5 Å². The maximum Gasteiger partial charge on any atom is 0.337 e. The second-order valence-corrected chi connectivity index (χ2v) is 5.44. The minimum Gasteiger partial charge on any atom is -0.478 e. The zero-order chi connectivity index (χ0) is 14.7. The summed E-state index contributed by atoms with van der Waals surface area (Å²) in [5.74, 6) is -1.66. The van der Waals surface area contributed by atoms with Crippen LogP contribution in [0.2, 0.25) is 0 Å². The highest BCUT2D eigenvalue weighted by Gasteiger charge is 2.33. The predicted octanol–water partition coefficient (Wildman–Crippen LogP) is 1.32. The first kappa shape index (κ1) is 15.0. The highest BCUT2D eigenvalue weighted by molar-refractivity contribution is 9.10. The normalized spacial score (nSPS) is 21.7. The molecule has 20 heavy (non-hydrogen) atoms. The third kappa shape index (κ3) is 3.17. The van der Waals surface area contributed by atoms with Crippen LogP contribution >= 0.6 is 15.9 Å². The number of amides is 1. The van der Waals surface area contributed by atoms with Crippen LogP contribution in [0.25, 0.3) is 0 Å². The SMILES string of the molecule is CNC1COCC1C(=O)Nc1ccc(Br)cc1C(=O)O. The Hall–Kier alpha value is -1.44. The number of aromatic carboxylic acids is 1. The average molecular weight is 343 g/mol. The van der Waals surface area contributed by atoms with Crippen molar-refractivity contribution < 1.29 is 19.4 Å². The molecule has 1 aliphatic rings. The van der Waals surface area contributed by atoms with E-state index < -0.39 is 5.97 Å². The van der Waals surface area contributed by atoms with Gasteiger partial charge in [-0.2, -0.15) is 0 Å². The van der Waals surface area contributed by atoms with E-state index in [1.165, 1.54) is 6.07 Å². The molecule has 0 aliphatic carbocycles. The van der Waals surface area contributed by atoms with E-state index in [1.54, 1.807) is 19.2 Å². The number of likely N-dealkylation sites (N-methyl/N-ethyl adjacent to an activating group) is 1. The van der Waals surface area contributed by atoms with E-state index in [4.69, 9.17) is 9.84 Å². The molecule has 7 heteroatoms. The van der Waals surface area contributed by atoms with Crippen molar-refractivity contribution in [3.63, 3.8) is 0 Å².